The smallest absolute Gasteiger partial charge is 0.263 e. The van der Waals surface area contributed by atoms with Crippen molar-refractivity contribution < 1.29 is 22.4 Å². The molecule has 0 N–H and O–H groups in total. The van der Waals surface area contributed by atoms with Crippen LogP contribution in [0.1, 0.15) is 23.1 Å². The van der Waals surface area contributed by atoms with Crippen molar-refractivity contribution >= 4 is 6.21 Å². The molecule has 2 rings (SSSR count). The van der Waals surface area contributed by atoms with Gasteiger partial charge in [0.05, 0.1) is 0 Å². The fourth-order valence-electron chi connectivity index (χ4n) is 1.58. The molecule has 0 heterocycles. The van der Waals surface area contributed by atoms with Gasteiger partial charge in [-0.15, -0.1) is 0 Å². The molecular formula is C15H10F4NO. The molecule has 0 aliphatic rings. The Kier molecular flexibility index (Phi) is 4.92. The second kappa shape index (κ2) is 6.88. The second-order valence-electron chi connectivity index (χ2n) is 4.14. The molecule has 0 spiro atoms. The molecule has 0 atom stereocenters. The summed E-state index contributed by atoms with van der Waals surface area (Å²) in [4.78, 5) is 4.78. The normalized spacial score (nSPS) is 11.3. The molecule has 109 valence electrons. The summed E-state index contributed by atoms with van der Waals surface area (Å²) in [7, 11) is 0. The lowest BCUT2D eigenvalue weighted by Gasteiger charge is -2.02. The number of hydrogen-bond donors (Lipinski definition) is 0. The number of nitrogens with zero attached hydrogens (tertiary/aromatic N) is 1. The first-order valence-corrected chi connectivity index (χ1v) is 5.96. The van der Waals surface area contributed by atoms with Crippen LogP contribution < -0.4 is 0 Å². The molecule has 0 aromatic heterocycles. The predicted molar refractivity (Wildman–Crippen MR) is 69.1 cm³/mol. The molecule has 0 saturated heterocycles. The summed E-state index contributed by atoms with van der Waals surface area (Å²) in [6.45, 7) is -0.287. The van der Waals surface area contributed by atoms with Crippen molar-refractivity contribution in [2.45, 2.75) is 13.0 Å². The summed E-state index contributed by atoms with van der Waals surface area (Å²) in [6.07, 6.45) is -0.191. The highest BCUT2D eigenvalue weighted by atomic mass is 19.3. The molecule has 0 saturated carbocycles. The van der Waals surface area contributed by atoms with Gasteiger partial charge in [-0.2, -0.15) is 0 Å². The van der Waals surface area contributed by atoms with Crippen LogP contribution in [0.15, 0.2) is 47.6 Å². The van der Waals surface area contributed by atoms with E-state index in [1.807, 2.05) is 0 Å². The zero-order chi connectivity index (χ0) is 15.2. The van der Waals surface area contributed by atoms with E-state index >= 15 is 0 Å². The fourth-order valence-corrected chi connectivity index (χ4v) is 1.58. The van der Waals surface area contributed by atoms with Crippen molar-refractivity contribution in [2.24, 2.45) is 5.16 Å². The van der Waals surface area contributed by atoms with Crippen molar-refractivity contribution in [2.75, 3.05) is 0 Å². The van der Waals surface area contributed by atoms with Crippen LogP contribution in [0.25, 0.3) is 0 Å². The Bertz CT molecular complexity index is 643. The summed E-state index contributed by atoms with van der Waals surface area (Å²) in [6, 6.07) is 8.39. The standard InChI is InChI=1S/C15H10F4NO/c16-13-4-5-14(17)12(7-13)9-21-20-8-10-2-1-3-11(6-10)15(18)19/h1-7,15H,9H2. The lowest BCUT2D eigenvalue weighted by Crippen LogP contribution is -1.94. The molecule has 0 aliphatic carbocycles. The van der Waals surface area contributed by atoms with Crippen LogP contribution in [0, 0.1) is 11.6 Å². The predicted octanol–water partition coefficient (Wildman–Crippen LogP) is 4.33. The number of alkyl halides is 2. The molecule has 1 radical (unpaired) electrons. The van der Waals surface area contributed by atoms with Crippen LogP contribution in [0.4, 0.5) is 17.6 Å². The molecule has 0 aliphatic heterocycles. The van der Waals surface area contributed by atoms with Crippen molar-refractivity contribution in [3.8, 4) is 0 Å². The van der Waals surface area contributed by atoms with Gasteiger partial charge in [-0.1, -0.05) is 23.4 Å². The van der Waals surface area contributed by atoms with Gasteiger partial charge in [0, 0.05) is 16.7 Å². The minimum absolute atomic E-state index is 0.00174. The lowest BCUT2D eigenvalue weighted by molar-refractivity contribution is 0.129. The maximum Gasteiger partial charge on any atom is 0.263 e. The van der Waals surface area contributed by atoms with E-state index in [-0.39, 0.29) is 17.7 Å². The number of benzene rings is 2. The molecule has 2 aromatic carbocycles. The van der Waals surface area contributed by atoms with Crippen molar-refractivity contribution in [3.63, 3.8) is 0 Å². The van der Waals surface area contributed by atoms with Gasteiger partial charge in [-0.25, -0.2) is 17.6 Å². The summed E-state index contributed by atoms with van der Waals surface area (Å²) >= 11 is 0. The summed E-state index contributed by atoms with van der Waals surface area (Å²) in [5.74, 6) is -1.21. The Morgan fingerprint density at radius 1 is 1.10 bits per heavy atom. The Balaban J connectivity index is 1.96. The van der Waals surface area contributed by atoms with E-state index in [2.05, 4.69) is 11.4 Å². The van der Waals surface area contributed by atoms with Gasteiger partial charge < -0.3 is 4.84 Å². The minimum Gasteiger partial charge on any atom is -0.390 e. The summed E-state index contributed by atoms with van der Waals surface area (Å²) in [5, 5.41) is 3.42. The van der Waals surface area contributed by atoms with E-state index in [1.54, 1.807) is 0 Å². The number of halogens is 4. The lowest BCUT2D eigenvalue weighted by atomic mass is 10.1. The maximum atomic E-state index is 13.3. The first-order valence-electron chi connectivity index (χ1n) is 5.96. The monoisotopic (exact) mass is 296 g/mol. The van der Waals surface area contributed by atoms with E-state index in [0.29, 0.717) is 5.56 Å². The van der Waals surface area contributed by atoms with Crippen molar-refractivity contribution in [1.29, 1.82) is 0 Å². The van der Waals surface area contributed by atoms with Gasteiger partial charge in [0.15, 0.2) is 0 Å². The largest absolute Gasteiger partial charge is 0.390 e. The number of hydrogen-bond acceptors (Lipinski definition) is 2. The van der Waals surface area contributed by atoms with Crippen LogP contribution in [0.2, 0.25) is 0 Å². The van der Waals surface area contributed by atoms with Crippen LogP contribution in [-0.2, 0) is 11.4 Å². The van der Waals surface area contributed by atoms with E-state index < -0.39 is 18.1 Å². The minimum atomic E-state index is -2.59. The summed E-state index contributed by atoms with van der Waals surface area (Å²) < 4.78 is 51.1. The summed E-state index contributed by atoms with van der Waals surface area (Å²) in [5.41, 5.74) is 0.140. The topological polar surface area (TPSA) is 21.6 Å². The molecule has 21 heavy (non-hydrogen) atoms. The quantitative estimate of drug-likeness (QED) is 0.457. The second-order valence-corrected chi connectivity index (χ2v) is 4.14. The van der Waals surface area contributed by atoms with E-state index in [9.17, 15) is 17.6 Å². The van der Waals surface area contributed by atoms with Crippen LogP contribution in [-0.4, -0.2) is 6.21 Å². The molecule has 0 fully saturated rings. The molecular weight excluding hydrogens is 286 g/mol. The molecule has 2 aromatic rings. The molecule has 0 amide bonds. The van der Waals surface area contributed by atoms with E-state index in [1.165, 1.54) is 24.3 Å². The zero-order valence-corrected chi connectivity index (χ0v) is 10.7. The van der Waals surface area contributed by atoms with Crippen LogP contribution >= 0.6 is 0 Å². The maximum absolute atomic E-state index is 13.3. The van der Waals surface area contributed by atoms with Crippen LogP contribution in [0.3, 0.4) is 0 Å². The Morgan fingerprint density at radius 3 is 2.67 bits per heavy atom. The van der Waals surface area contributed by atoms with Gasteiger partial charge >= 0.3 is 0 Å². The Hall–Kier alpha value is -2.37. The van der Waals surface area contributed by atoms with Gasteiger partial charge in [-0.3, -0.25) is 0 Å². The molecule has 0 bridgehead atoms. The average molecular weight is 296 g/mol. The third kappa shape index (κ3) is 4.30. The fraction of sp³-hybridized carbons (Fsp3) is 0.133. The highest BCUT2D eigenvalue weighted by molar-refractivity contribution is 5.79. The van der Waals surface area contributed by atoms with E-state index in [4.69, 9.17) is 4.84 Å². The van der Waals surface area contributed by atoms with Gasteiger partial charge in [0.2, 0.25) is 0 Å². The average Bonchev–Trinajstić information content (AvgIpc) is 2.47. The highest BCUT2D eigenvalue weighted by Gasteiger charge is 2.06. The molecule has 6 heteroatoms. The molecule has 2 nitrogen and oxygen atoms in total. The first-order chi connectivity index (χ1) is 10.1. The van der Waals surface area contributed by atoms with Crippen molar-refractivity contribution in [1.82, 2.24) is 0 Å². The highest BCUT2D eigenvalue weighted by Crippen LogP contribution is 2.18. The SMILES string of the molecule is Fc1ccc(F)c(CO/N=[C]\c2cccc(C(F)F)c2)c1. The number of rotatable bonds is 5. The third-order valence-electron chi connectivity index (χ3n) is 2.61. The Morgan fingerprint density at radius 2 is 1.90 bits per heavy atom. The van der Waals surface area contributed by atoms with Gasteiger partial charge in [0.25, 0.3) is 6.43 Å². The van der Waals surface area contributed by atoms with Gasteiger partial charge in [-0.05, 0) is 24.3 Å². The third-order valence-corrected chi connectivity index (χ3v) is 2.61. The van der Waals surface area contributed by atoms with E-state index in [0.717, 1.165) is 18.2 Å². The molecule has 0 unspecified atom stereocenters. The van der Waals surface area contributed by atoms with Gasteiger partial charge in [0.1, 0.15) is 24.5 Å². The van der Waals surface area contributed by atoms with Crippen LogP contribution in [0.5, 0.6) is 0 Å². The first kappa shape index (κ1) is 15.0. The van der Waals surface area contributed by atoms with Crippen molar-refractivity contribution in [3.05, 3.63) is 70.8 Å². The zero-order valence-electron chi connectivity index (χ0n) is 10.7. The Labute approximate surface area is 118 Å².